The molecule has 3 atom stereocenters. The van der Waals surface area contributed by atoms with E-state index < -0.39 is 11.3 Å². The molecule has 1 aliphatic heterocycles. The molecule has 0 radical (unpaired) electrons. The Hall–Kier alpha value is -2.35. The van der Waals surface area contributed by atoms with E-state index in [4.69, 9.17) is 28.5 Å². The molecule has 1 heterocycles. The van der Waals surface area contributed by atoms with Crippen LogP contribution in [0, 0.1) is 22.7 Å². The van der Waals surface area contributed by atoms with Gasteiger partial charge in [0.1, 0.15) is 0 Å². The van der Waals surface area contributed by atoms with Crippen molar-refractivity contribution in [1.82, 2.24) is 0 Å². The number of hydrogen-bond donors (Lipinski definition) is 0. The van der Waals surface area contributed by atoms with Gasteiger partial charge in [-0.1, -0.05) is 35.3 Å². The van der Waals surface area contributed by atoms with Crippen LogP contribution in [0.4, 0.5) is 5.69 Å². The van der Waals surface area contributed by atoms with Crippen LogP contribution in [-0.4, -0.2) is 11.8 Å². The van der Waals surface area contributed by atoms with E-state index in [-0.39, 0.29) is 17.7 Å². The van der Waals surface area contributed by atoms with Crippen molar-refractivity contribution in [3.8, 4) is 6.07 Å². The number of carbonyl (C=O) groups excluding carboxylic acids is 2. The first kappa shape index (κ1) is 16.1. The Balaban J connectivity index is 1.68. The molecular weight excluding hydrogens is 359 g/mol. The monoisotopic (exact) mass is 370 g/mol. The van der Waals surface area contributed by atoms with Crippen LogP contribution in [-0.2, 0) is 9.59 Å². The van der Waals surface area contributed by atoms with Crippen LogP contribution in [0.15, 0.2) is 42.5 Å². The molecule has 2 aromatic carbocycles. The molecule has 6 heteroatoms. The van der Waals surface area contributed by atoms with Crippen molar-refractivity contribution >= 4 is 40.7 Å². The summed E-state index contributed by atoms with van der Waals surface area (Å²) in [6.45, 7) is 1.81. The Kier molecular flexibility index (Phi) is 3.44. The van der Waals surface area contributed by atoms with Gasteiger partial charge < -0.3 is 0 Å². The van der Waals surface area contributed by atoms with Gasteiger partial charge >= 0.3 is 0 Å². The SMILES string of the molecule is C[C@@]12C(=O)N(c3cc(Cl)cc(Cl)c3)C(=O)[C@@H]1[C@@H]2c1ccc(C#N)cc1. The van der Waals surface area contributed by atoms with Gasteiger partial charge in [-0.25, -0.2) is 4.90 Å². The lowest BCUT2D eigenvalue weighted by molar-refractivity contribution is -0.125. The van der Waals surface area contributed by atoms with E-state index in [0.717, 1.165) is 5.56 Å². The van der Waals surface area contributed by atoms with Crippen LogP contribution in [0.3, 0.4) is 0 Å². The molecule has 0 spiro atoms. The first-order valence-electron chi connectivity index (χ1n) is 7.72. The number of imide groups is 1. The first-order valence-corrected chi connectivity index (χ1v) is 8.48. The Bertz CT molecular complexity index is 944. The zero-order valence-corrected chi connectivity index (χ0v) is 14.7. The molecule has 0 aromatic heterocycles. The molecule has 0 bridgehead atoms. The number of nitrogens with zero attached hydrogens (tertiary/aromatic N) is 2. The minimum absolute atomic E-state index is 0.161. The van der Waals surface area contributed by atoms with E-state index in [9.17, 15) is 9.59 Å². The van der Waals surface area contributed by atoms with Crippen LogP contribution < -0.4 is 4.90 Å². The Morgan fingerprint density at radius 1 is 1.04 bits per heavy atom. The van der Waals surface area contributed by atoms with Gasteiger partial charge in [0.25, 0.3) is 0 Å². The third-order valence-corrected chi connectivity index (χ3v) is 5.61. The Labute approximate surface area is 154 Å². The van der Waals surface area contributed by atoms with Gasteiger partial charge in [-0.15, -0.1) is 0 Å². The van der Waals surface area contributed by atoms with Crippen molar-refractivity contribution < 1.29 is 9.59 Å². The van der Waals surface area contributed by atoms with E-state index in [1.807, 2.05) is 19.1 Å². The maximum absolute atomic E-state index is 13.0. The molecule has 2 aromatic rings. The Morgan fingerprint density at radius 2 is 1.64 bits per heavy atom. The molecule has 1 saturated carbocycles. The number of piperidine rings is 1. The minimum Gasteiger partial charge on any atom is -0.274 e. The number of benzene rings is 2. The summed E-state index contributed by atoms with van der Waals surface area (Å²) >= 11 is 12.0. The van der Waals surface area contributed by atoms with Crippen molar-refractivity contribution in [3.05, 3.63) is 63.6 Å². The number of hydrogen-bond acceptors (Lipinski definition) is 3. The van der Waals surface area contributed by atoms with Gasteiger partial charge in [-0.3, -0.25) is 9.59 Å². The molecule has 1 saturated heterocycles. The highest BCUT2D eigenvalue weighted by atomic mass is 35.5. The number of fused-ring (bicyclic) bond motifs is 1. The standard InChI is InChI=1S/C19H12Cl2N2O2/c1-19-15(11-4-2-10(9-22)3-5-11)16(19)17(24)23(18(19)25)14-7-12(20)6-13(21)8-14/h2-8,15-16H,1H3/t15-,16-,19-/m0/s1. The van der Waals surface area contributed by atoms with Crippen molar-refractivity contribution in [2.24, 2.45) is 11.3 Å². The van der Waals surface area contributed by atoms with Crippen molar-refractivity contribution in [1.29, 1.82) is 5.26 Å². The van der Waals surface area contributed by atoms with Crippen LogP contribution in [0.5, 0.6) is 0 Å². The van der Waals surface area contributed by atoms with Crippen LogP contribution in [0.25, 0.3) is 0 Å². The first-order chi connectivity index (χ1) is 11.9. The lowest BCUT2D eigenvalue weighted by Gasteiger charge is -2.21. The number of amides is 2. The minimum atomic E-state index is -0.764. The lowest BCUT2D eigenvalue weighted by atomic mass is 9.99. The van der Waals surface area contributed by atoms with Gasteiger partial charge in [-0.2, -0.15) is 5.26 Å². The molecule has 0 N–H and O–H groups in total. The number of anilines is 1. The summed E-state index contributed by atoms with van der Waals surface area (Å²) in [4.78, 5) is 27.0. The van der Waals surface area contributed by atoms with E-state index >= 15 is 0 Å². The highest BCUT2D eigenvalue weighted by molar-refractivity contribution is 6.36. The average Bonchev–Trinajstić information content (AvgIpc) is 3.15. The predicted molar refractivity (Wildman–Crippen MR) is 94.5 cm³/mol. The summed E-state index contributed by atoms with van der Waals surface area (Å²) in [6, 6.07) is 13.8. The second-order valence-corrected chi connectivity index (χ2v) is 7.45. The second-order valence-electron chi connectivity index (χ2n) is 6.58. The summed E-state index contributed by atoms with van der Waals surface area (Å²) in [6.07, 6.45) is 0. The molecule has 25 heavy (non-hydrogen) atoms. The van der Waals surface area contributed by atoms with Crippen LogP contribution >= 0.6 is 23.2 Å². The second kappa shape index (κ2) is 5.32. The molecule has 0 unspecified atom stereocenters. The molecule has 2 aliphatic rings. The van der Waals surface area contributed by atoms with Gasteiger partial charge in [0, 0.05) is 16.0 Å². The average molecular weight is 371 g/mol. The quantitative estimate of drug-likeness (QED) is 0.745. The van der Waals surface area contributed by atoms with Crippen LogP contribution in [0.2, 0.25) is 10.0 Å². The van der Waals surface area contributed by atoms with E-state index in [0.29, 0.717) is 21.3 Å². The molecule has 4 nitrogen and oxygen atoms in total. The predicted octanol–water partition coefficient (Wildman–Crippen LogP) is 4.16. The summed E-state index contributed by atoms with van der Waals surface area (Å²) in [5.41, 5.74) is 1.09. The number of rotatable bonds is 2. The third kappa shape index (κ3) is 2.20. The van der Waals surface area contributed by atoms with Gasteiger partial charge in [0.15, 0.2) is 0 Å². The van der Waals surface area contributed by atoms with Crippen molar-refractivity contribution in [2.75, 3.05) is 4.90 Å². The zero-order valence-electron chi connectivity index (χ0n) is 13.2. The van der Waals surface area contributed by atoms with Crippen molar-refractivity contribution in [2.45, 2.75) is 12.8 Å². The summed E-state index contributed by atoms with van der Waals surface area (Å²) in [5.74, 6) is -1.03. The Morgan fingerprint density at radius 3 is 2.12 bits per heavy atom. The van der Waals surface area contributed by atoms with E-state index in [1.54, 1.807) is 30.3 Å². The van der Waals surface area contributed by atoms with Gasteiger partial charge in [0.05, 0.1) is 28.7 Å². The van der Waals surface area contributed by atoms with Crippen molar-refractivity contribution in [3.63, 3.8) is 0 Å². The summed E-state index contributed by atoms with van der Waals surface area (Å²) < 4.78 is 0. The molecular formula is C19H12Cl2N2O2. The molecule has 2 amide bonds. The maximum Gasteiger partial charge on any atom is 0.241 e. The number of halogens is 2. The fourth-order valence-corrected chi connectivity index (χ4v) is 4.39. The lowest BCUT2D eigenvalue weighted by Crippen LogP contribution is -2.36. The molecule has 124 valence electrons. The molecule has 1 aliphatic carbocycles. The van der Waals surface area contributed by atoms with E-state index in [2.05, 4.69) is 6.07 Å². The fraction of sp³-hybridized carbons (Fsp3) is 0.211. The highest BCUT2D eigenvalue weighted by Gasteiger charge is 2.76. The smallest absolute Gasteiger partial charge is 0.241 e. The normalized spacial score (nSPS) is 27.2. The molecule has 2 fully saturated rings. The summed E-state index contributed by atoms with van der Waals surface area (Å²) in [5, 5.41) is 9.64. The summed E-state index contributed by atoms with van der Waals surface area (Å²) in [7, 11) is 0. The number of carbonyl (C=O) groups is 2. The van der Waals surface area contributed by atoms with E-state index in [1.165, 1.54) is 4.90 Å². The number of nitriles is 1. The molecule has 4 rings (SSSR count). The largest absolute Gasteiger partial charge is 0.274 e. The maximum atomic E-state index is 13.0. The fourth-order valence-electron chi connectivity index (χ4n) is 3.87. The third-order valence-electron chi connectivity index (χ3n) is 5.17. The van der Waals surface area contributed by atoms with Gasteiger partial charge in [-0.05, 0) is 42.8 Å². The van der Waals surface area contributed by atoms with Gasteiger partial charge in [0.2, 0.25) is 11.8 Å². The highest BCUT2D eigenvalue weighted by Crippen LogP contribution is 2.69. The zero-order chi connectivity index (χ0) is 17.9. The van der Waals surface area contributed by atoms with Crippen LogP contribution in [0.1, 0.15) is 24.0 Å². The topological polar surface area (TPSA) is 61.2 Å².